The summed E-state index contributed by atoms with van der Waals surface area (Å²) in [5.74, 6) is 0.135. The Morgan fingerprint density at radius 3 is 2.41 bits per heavy atom. The van der Waals surface area contributed by atoms with Gasteiger partial charge in [-0.1, -0.05) is 45.2 Å². The SMILES string of the molecule is CCCCC(CC)COC(=O)C(CO)c1ccc(OC)cc1. The number of unbranched alkanes of at least 4 members (excludes halogenated alkanes) is 1. The highest BCUT2D eigenvalue weighted by molar-refractivity contribution is 5.78. The molecule has 124 valence electrons. The summed E-state index contributed by atoms with van der Waals surface area (Å²) in [4.78, 5) is 12.2. The third-order valence-electron chi connectivity index (χ3n) is 3.99. The van der Waals surface area contributed by atoms with Gasteiger partial charge in [0.05, 0.1) is 20.3 Å². The molecule has 0 heterocycles. The first-order valence-electron chi connectivity index (χ1n) is 8.07. The second-order valence-corrected chi connectivity index (χ2v) is 5.55. The number of aliphatic hydroxyl groups excluding tert-OH is 1. The molecule has 0 amide bonds. The Morgan fingerprint density at radius 1 is 1.23 bits per heavy atom. The normalized spacial score (nSPS) is 13.5. The summed E-state index contributed by atoms with van der Waals surface area (Å²) < 4.78 is 10.5. The topological polar surface area (TPSA) is 55.8 Å². The predicted octanol–water partition coefficient (Wildman–Crippen LogP) is 3.53. The maximum atomic E-state index is 12.2. The average molecular weight is 308 g/mol. The molecule has 2 unspecified atom stereocenters. The van der Waals surface area contributed by atoms with Crippen molar-refractivity contribution in [1.82, 2.24) is 0 Å². The van der Waals surface area contributed by atoms with E-state index in [1.807, 2.05) is 0 Å². The lowest BCUT2D eigenvalue weighted by atomic mass is 9.99. The van der Waals surface area contributed by atoms with Crippen LogP contribution in [0.3, 0.4) is 0 Å². The van der Waals surface area contributed by atoms with Crippen molar-refractivity contribution in [3.63, 3.8) is 0 Å². The minimum atomic E-state index is -0.630. The molecule has 1 rings (SSSR count). The van der Waals surface area contributed by atoms with Crippen molar-refractivity contribution < 1.29 is 19.4 Å². The van der Waals surface area contributed by atoms with Crippen molar-refractivity contribution in [1.29, 1.82) is 0 Å². The van der Waals surface area contributed by atoms with E-state index in [2.05, 4.69) is 13.8 Å². The summed E-state index contributed by atoms with van der Waals surface area (Å²) in [6.45, 7) is 4.45. The lowest BCUT2D eigenvalue weighted by Gasteiger charge is -2.18. The van der Waals surface area contributed by atoms with Crippen molar-refractivity contribution in [2.75, 3.05) is 20.3 Å². The van der Waals surface area contributed by atoms with Crippen LogP contribution >= 0.6 is 0 Å². The molecule has 0 bridgehead atoms. The molecule has 4 nitrogen and oxygen atoms in total. The van der Waals surface area contributed by atoms with E-state index in [4.69, 9.17) is 9.47 Å². The molecular weight excluding hydrogens is 280 g/mol. The van der Waals surface area contributed by atoms with E-state index in [0.29, 0.717) is 12.5 Å². The van der Waals surface area contributed by atoms with Crippen molar-refractivity contribution in [2.24, 2.45) is 5.92 Å². The molecule has 22 heavy (non-hydrogen) atoms. The first-order chi connectivity index (χ1) is 10.7. The average Bonchev–Trinajstić information content (AvgIpc) is 2.56. The molecule has 0 aliphatic rings. The monoisotopic (exact) mass is 308 g/mol. The van der Waals surface area contributed by atoms with Gasteiger partial charge in [-0.2, -0.15) is 0 Å². The van der Waals surface area contributed by atoms with Crippen molar-refractivity contribution in [3.8, 4) is 5.75 Å². The lowest BCUT2D eigenvalue weighted by Crippen LogP contribution is -2.22. The Kier molecular flexibility index (Phi) is 8.60. The number of esters is 1. The Hall–Kier alpha value is -1.55. The third kappa shape index (κ3) is 5.68. The minimum Gasteiger partial charge on any atom is -0.497 e. The molecule has 0 aliphatic carbocycles. The fourth-order valence-electron chi connectivity index (χ4n) is 2.35. The van der Waals surface area contributed by atoms with E-state index in [0.717, 1.165) is 37.0 Å². The van der Waals surface area contributed by atoms with Crippen LogP contribution in [0.4, 0.5) is 0 Å². The van der Waals surface area contributed by atoms with E-state index < -0.39 is 5.92 Å². The Bertz CT molecular complexity index is 427. The summed E-state index contributed by atoms with van der Waals surface area (Å²) in [6, 6.07) is 7.13. The number of carbonyl (C=O) groups is 1. The van der Waals surface area contributed by atoms with Gasteiger partial charge in [0.15, 0.2) is 0 Å². The minimum absolute atomic E-state index is 0.253. The van der Waals surface area contributed by atoms with Gasteiger partial charge in [-0.15, -0.1) is 0 Å². The molecule has 4 heteroatoms. The second-order valence-electron chi connectivity index (χ2n) is 5.55. The molecule has 0 fully saturated rings. The zero-order chi connectivity index (χ0) is 16.4. The largest absolute Gasteiger partial charge is 0.497 e. The van der Waals surface area contributed by atoms with Gasteiger partial charge in [-0.05, 0) is 30.0 Å². The molecule has 0 spiro atoms. The van der Waals surface area contributed by atoms with Gasteiger partial charge in [-0.25, -0.2) is 0 Å². The fourth-order valence-corrected chi connectivity index (χ4v) is 2.35. The summed E-state index contributed by atoms with van der Waals surface area (Å²) >= 11 is 0. The number of ether oxygens (including phenoxy) is 2. The molecule has 0 aliphatic heterocycles. The zero-order valence-electron chi connectivity index (χ0n) is 13.9. The third-order valence-corrected chi connectivity index (χ3v) is 3.99. The van der Waals surface area contributed by atoms with Crippen LogP contribution in [0.2, 0.25) is 0 Å². The van der Waals surface area contributed by atoms with Crippen LogP contribution in [0.15, 0.2) is 24.3 Å². The van der Waals surface area contributed by atoms with Crippen LogP contribution in [0.1, 0.15) is 51.0 Å². The van der Waals surface area contributed by atoms with E-state index in [-0.39, 0.29) is 12.6 Å². The van der Waals surface area contributed by atoms with E-state index in [1.165, 1.54) is 0 Å². The molecular formula is C18H28O4. The van der Waals surface area contributed by atoms with Crippen LogP contribution in [0.5, 0.6) is 5.75 Å². The standard InChI is InChI=1S/C18H28O4/c1-4-6-7-14(5-2)13-22-18(20)17(12-19)15-8-10-16(21-3)11-9-15/h8-11,14,17,19H,4-7,12-13H2,1-3H3. The first kappa shape index (κ1) is 18.5. The molecule has 0 saturated heterocycles. The van der Waals surface area contributed by atoms with Gasteiger partial charge < -0.3 is 14.6 Å². The summed E-state index contributed by atoms with van der Waals surface area (Å²) in [7, 11) is 1.59. The summed E-state index contributed by atoms with van der Waals surface area (Å²) in [6.07, 6.45) is 4.37. The van der Waals surface area contributed by atoms with Crippen molar-refractivity contribution in [2.45, 2.75) is 45.4 Å². The first-order valence-corrected chi connectivity index (χ1v) is 8.07. The van der Waals surface area contributed by atoms with Crippen LogP contribution < -0.4 is 4.74 Å². The molecule has 1 aromatic carbocycles. The molecule has 1 N–H and O–H groups in total. The lowest BCUT2D eigenvalue weighted by molar-refractivity contribution is -0.148. The number of carbonyl (C=O) groups excluding carboxylic acids is 1. The smallest absolute Gasteiger partial charge is 0.315 e. The fraction of sp³-hybridized carbons (Fsp3) is 0.611. The van der Waals surface area contributed by atoms with Crippen LogP contribution in [-0.2, 0) is 9.53 Å². The maximum Gasteiger partial charge on any atom is 0.315 e. The number of hydrogen-bond donors (Lipinski definition) is 1. The summed E-state index contributed by atoms with van der Waals surface area (Å²) in [5.41, 5.74) is 0.745. The number of rotatable bonds is 10. The van der Waals surface area contributed by atoms with Gasteiger partial charge in [0, 0.05) is 0 Å². The maximum absolute atomic E-state index is 12.2. The highest BCUT2D eigenvalue weighted by atomic mass is 16.5. The predicted molar refractivity (Wildman–Crippen MR) is 87.1 cm³/mol. The van der Waals surface area contributed by atoms with Crippen LogP contribution in [0.25, 0.3) is 0 Å². The number of methoxy groups -OCH3 is 1. The number of aliphatic hydroxyl groups is 1. The number of hydrogen-bond acceptors (Lipinski definition) is 4. The molecule has 0 radical (unpaired) electrons. The van der Waals surface area contributed by atoms with E-state index >= 15 is 0 Å². The molecule has 2 atom stereocenters. The van der Waals surface area contributed by atoms with E-state index in [9.17, 15) is 9.90 Å². The van der Waals surface area contributed by atoms with Crippen molar-refractivity contribution >= 4 is 5.97 Å². The van der Waals surface area contributed by atoms with Gasteiger partial charge in [0.25, 0.3) is 0 Å². The molecule has 0 saturated carbocycles. The summed E-state index contributed by atoms with van der Waals surface area (Å²) in [5, 5.41) is 9.51. The quantitative estimate of drug-likeness (QED) is 0.672. The van der Waals surface area contributed by atoms with Crippen LogP contribution in [-0.4, -0.2) is 31.4 Å². The Labute approximate surface area is 133 Å². The van der Waals surface area contributed by atoms with Crippen LogP contribution in [0, 0.1) is 5.92 Å². The molecule has 1 aromatic rings. The Morgan fingerprint density at radius 2 is 1.91 bits per heavy atom. The van der Waals surface area contributed by atoms with Gasteiger partial charge >= 0.3 is 5.97 Å². The van der Waals surface area contributed by atoms with Gasteiger partial charge in [-0.3, -0.25) is 4.79 Å². The highest BCUT2D eigenvalue weighted by Crippen LogP contribution is 2.21. The van der Waals surface area contributed by atoms with E-state index in [1.54, 1.807) is 31.4 Å². The van der Waals surface area contributed by atoms with Gasteiger partial charge in [0.2, 0.25) is 0 Å². The second kappa shape index (κ2) is 10.2. The Balaban J connectivity index is 2.59. The number of benzene rings is 1. The zero-order valence-corrected chi connectivity index (χ0v) is 13.9. The molecule has 0 aromatic heterocycles. The van der Waals surface area contributed by atoms with Gasteiger partial charge in [0.1, 0.15) is 11.7 Å². The van der Waals surface area contributed by atoms with Crippen molar-refractivity contribution in [3.05, 3.63) is 29.8 Å². The highest BCUT2D eigenvalue weighted by Gasteiger charge is 2.22.